The van der Waals surface area contributed by atoms with E-state index >= 15 is 0 Å². The summed E-state index contributed by atoms with van der Waals surface area (Å²) < 4.78 is 18.3. The third-order valence-corrected chi connectivity index (χ3v) is 10.7. The molecule has 3 amide bonds. The second kappa shape index (κ2) is 19.0. The normalized spacial score (nSPS) is 13.1. The number of ether oxygens (including phenoxy) is 3. The van der Waals surface area contributed by atoms with E-state index in [0.717, 1.165) is 39.0 Å². The number of aromatic nitrogens is 3. The topological polar surface area (TPSA) is 181 Å². The van der Waals surface area contributed by atoms with Gasteiger partial charge in [0.1, 0.15) is 0 Å². The summed E-state index contributed by atoms with van der Waals surface area (Å²) in [6, 6.07) is 22.1. The maximum absolute atomic E-state index is 14.2. The molecule has 0 spiro atoms. The standard InChI is InChI=1S/C48H60N6O9/c1-28(2)34-22-24-37(25-23-34)46(10,11)49-40(55)61-31(7)52-43(58)53(32(8)62-41(56)50-47(12,13)38-20-16-18-35(26-38)29(3)4)45(60)54(44(52)59)33(9)63-42(57)51-48(14,15)39-21-17-19-36(27-39)30(5)6/h16-27,31-33H,1,3,5H2,2,4,6-15H3,(H,49,55)(H,50,56)(H,51,57). The van der Waals surface area contributed by atoms with E-state index in [1.165, 1.54) is 20.8 Å². The van der Waals surface area contributed by atoms with Gasteiger partial charge in [0.05, 0.1) is 16.6 Å². The second-order valence-electron chi connectivity index (χ2n) is 17.3. The Hall–Kier alpha value is -6.90. The number of nitrogens with zero attached hydrogens (tertiary/aromatic N) is 3. The molecule has 4 rings (SSSR count). The molecule has 0 aliphatic heterocycles. The number of allylic oxidation sites excluding steroid dienone is 3. The highest BCUT2D eigenvalue weighted by Crippen LogP contribution is 2.26. The van der Waals surface area contributed by atoms with E-state index in [2.05, 4.69) is 35.7 Å². The van der Waals surface area contributed by atoms with Gasteiger partial charge < -0.3 is 30.2 Å². The lowest BCUT2D eigenvalue weighted by Gasteiger charge is -2.29. The average molecular weight is 865 g/mol. The lowest BCUT2D eigenvalue weighted by atomic mass is 9.92. The predicted octanol–water partition coefficient (Wildman–Crippen LogP) is 8.81. The van der Waals surface area contributed by atoms with Gasteiger partial charge in [0.2, 0.25) is 0 Å². The number of alkyl carbamates (subject to hydrolysis) is 3. The Morgan fingerprint density at radius 2 is 0.762 bits per heavy atom. The van der Waals surface area contributed by atoms with Gasteiger partial charge in [0, 0.05) is 0 Å². The molecule has 0 saturated heterocycles. The van der Waals surface area contributed by atoms with Crippen LogP contribution >= 0.6 is 0 Å². The van der Waals surface area contributed by atoms with Crippen LogP contribution in [0, 0.1) is 0 Å². The number of benzene rings is 3. The molecule has 1 heterocycles. The Balaban J connectivity index is 1.71. The number of amides is 3. The van der Waals surface area contributed by atoms with Crippen LogP contribution in [0.25, 0.3) is 16.7 Å². The monoisotopic (exact) mass is 864 g/mol. The fourth-order valence-electron chi connectivity index (χ4n) is 6.74. The van der Waals surface area contributed by atoms with Crippen LogP contribution in [0.5, 0.6) is 0 Å². The summed E-state index contributed by atoms with van der Waals surface area (Å²) in [6.07, 6.45) is -7.96. The molecule has 0 aliphatic rings. The minimum atomic E-state index is -1.65. The lowest BCUT2D eigenvalue weighted by molar-refractivity contribution is 0.0228. The number of carbonyl (C=O) groups excluding carboxylic acids is 3. The van der Waals surface area contributed by atoms with Crippen molar-refractivity contribution in [1.82, 2.24) is 29.7 Å². The molecule has 1 aromatic heterocycles. The molecule has 4 aromatic rings. The zero-order valence-corrected chi connectivity index (χ0v) is 38.3. The van der Waals surface area contributed by atoms with Crippen molar-refractivity contribution in [3.63, 3.8) is 0 Å². The van der Waals surface area contributed by atoms with Crippen molar-refractivity contribution < 1.29 is 28.6 Å². The van der Waals surface area contributed by atoms with Gasteiger partial charge >= 0.3 is 35.3 Å². The molecule has 0 fully saturated rings. The molecule has 3 aromatic carbocycles. The van der Waals surface area contributed by atoms with E-state index < -0.39 is 70.6 Å². The van der Waals surface area contributed by atoms with Gasteiger partial charge in [-0.15, -0.1) is 0 Å². The van der Waals surface area contributed by atoms with Gasteiger partial charge in [0.25, 0.3) is 0 Å². The minimum absolute atomic E-state index is 0.491. The van der Waals surface area contributed by atoms with E-state index in [-0.39, 0.29) is 0 Å². The Labute approximate surface area is 368 Å². The summed E-state index contributed by atoms with van der Waals surface area (Å²) in [5.74, 6) is 0. The fraction of sp³-hybridized carbons (Fsp3) is 0.375. The highest BCUT2D eigenvalue weighted by Gasteiger charge is 2.33. The first-order valence-electron chi connectivity index (χ1n) is 20.4. The number of rotatable bonds is 15. The number of hydrogen-bond acceptors (Lipinski definition) is 9. The predicted molar refractivity (Wildman–Crippen MR) is 245 cm³/mol. The van der Waals surface area contributed by atoms with Crippen molar-refractivity contribution in [2.75, 3.05) is 0 Å². The van der Waals surface area contributed by atoms with Crippen LogP contribution in [0.2, 0.25) is 0 Å². The molecule has 0 saturated carbocycles. The molecule has 3 unspecified atom stereocenters. The second-order valence-corrected chi connectivity index (χ2v) is 17.3. The molecule has 63 heavy (non-hydrogen) atoms. The first kappa shape index (κ1) is 48.8. The van der Waals surface area contributed by atoms with Crippen LogP contribution in [-0.2, 0) is 30.8 Å². The van der Waals surface area contributed by atoms with E-state index in [4.69, 9.17) is 14.2 Å². The van der Waals surface area contributed by atoms with E-state index in [0.29, 0.717) is 24.8 Å². The summed E-state index contributed by atoms with van der Waals surface area (Å²) in [4.78, 5) is 83.0. The van der Waals surface area contributed by atoms with Crippen molar-refractivity contribution in [2.45, 2.75) is 118 Å². The Morgan fingerprint density at radius 1 is 0.476 bits per heavy atom. The fourth-order valence-corrected chi connectivity index (χ4v) is 6.74. The van der Waals surface area contributed by atoms with Crippen molar-refractivity contribution >= 4 is 35.0 Å². The van der Waals surface area contributed by atoms with Gasteiger partial charge in [-0.2, -0.15) is 0 Å². The maximum atomic E-state index is 14.2. The molecule has 15 heteroatoms. The molecular weight excluding hydrogens is 805 g/mol. The van der Waals surface area contributed by atoms with E-state index in [9.17, 15) is 28.8 Å². The molecule has 0 radical (unpaired) electrons. The summed E-state index contributed by atoms with van der Waals surface area (Å²) in [5.41, 5.74) is 0.444. The van der Waals surface area contributed by atoms with E-state index in [1.54, 1.807) is 41.5 Å². The number of nitrogens with one attached hydrogen (secondary N) is 3. The third-order valence-electron chi connectivity index (χ3n) is 10.7. The van der Waals surface area contributed by atoms with Crippen LogP contribution < -0.4 is 33.0 Å². The van der Waals surface area contributed by atoms with Crippen molar-refractivity contribution in [1.29, 1.82) is 0 Å². The molecule has 3 N–H and O–H groups in total. The zero-order chi connectivity index (χ0) is 47.4. The molecule has 0 aliphatic carbocycles. The minimum Gasteiger partial charge on any atom is -0.425 e. The SMILES string of the molecule is C=C(C)c1ccc(C(C)(C)NC(=O)OC(C)n2c(=O)n(C(C)OC(=O)NC(C)(C)c3cccc(C(=C)C)c3)c(=O)n(C(C)OC(=O)NC(C)(C)c3cccc(C(=C)C)c3)c2=O)cc1. The highest BCUT2D eigenvalue weighted by atomic mass is 16.6. The first-order valence-corrected chi connectivity index (χ1v) is 20.4. The molecular formula is C48H60N6O9. The van der Waals surface area contributed by atoms with Crippen molar-refractivity contribution in [3.8, 4) is 0 Å². The summed E-state index contributed by atoms with van der Waals surface area (Å²) >= 11 is 0. The number of hydrogen-bond donors (Lipinski definition) is 3. The highest BCUT2D eigenvalue weighted by molar-refractivity contribution is 5.71. The molecule has 0 bridgehead atoms. The molecule has 15 nitrogen and oxygen atoms in total. The van der Waals surface area contributed by atoms with Gasteiger partial charge in [-0.1, -0.05) is 97.1 Å². The Bertz CT molecular complexity index is 2480. The van der Waals surface area contributed by atoms with Crippen LogP contribution in [0.4, 0.5) is 14.4 Å². The quantitative estimate of drug-likeness (QED) is 0.0984. The molecule has 3 atom stereocenters. The molecule has 336 valence electrons. The maximum Gasteiger partial charge on any atom is 0.409 e. The van der Waals surface area contributed by atoms with Crippen molar-refractivity contribution in [3.05, 3.63) is 157 Å². The first-order chi connectivity index (χ1) is 29.2. The Kier molecular flexibility index (Phi) is 14.7. The van der Waals surface area contributed by atoms with Gasteiger partial charge in [-0.25, -0.2) is 42.5 Å². The summed E-state index contributed by atoms with van der Waals surface area (Å²) in [6.45, 7) is 31.6. The number of carbonyl (C=O) groups is 3. The van der Waals surface area contributed by atoms with Crippen molar-refractivity contribution in [2.24, 2.45) is 0 Å². The van der Waals surface area contributed by atoms with Crippen LogP contribution in [0.1, 0.15) is 135 Å². The average Bonchev–Trinajstić information content (AvgIpc) is 3.17. The van der Waals surface area contributed by atoms with E-state index in [1.807, 2.05) is 93.6 Å². The van der Waals surface area contributed by atoms with Gasteiger partial charge in [-0.3, -0.25) is 0 Å². The summed E-state index contributed by atoms with van der Waals surface area (Å²) in [5, 5.41) is 8.26. The Morgan fingerprint density at radius 3 is 1.05 bits per heavy atom. The smallest absolute Gasteiger partial charge is 0.409 e. The van der Waals surface area contributed by atoms with Crippen LogP contribution in [0.15, 0.2) is 107 Å². The lowest BCUT2D eigenvalue weighted by Crippen LogP contribution is -2.58. The van der Waals surface area contributed by atoms with Gasteiger partial charge in [-0.05, 0) is 129 Å². The van der Waals surface area contributed by atoms with Crippen LogP contribution in [0.3, 0.4) is 0 Å². The largest absolute Gasteiger partial charge is 0.425 e. The zero-order valence-electron chi connectivity index (χ0n) is 38.3. The van der Waals surface area contributed by atoms with Gasteiger partial charge in [0.15, 0.2) is 18.7 Å². The summed E-state index contributed by atoms with van der Waals surface area (Å²) in [7, 11) is 0. The third kappa shape index (κ3) is 11.5. The van der Waals surface area contributed by atoms with Crippen LogP contribution in [-0.4, -0.2) is 32.0 Å².